The molecule has 1 unspecified atom stereocenters. The Bertz CT molecular complexity index is 579. The topological polar surface area (TPSA) is 34.2 Å². The molecular formula is C16H20N2OS. The summed E-state index contributed by atoms with van der Waals surface area (Å²) in [6.07, 6.45) is 3.02. The van der Waals surface area contributed by atoms with Gasteiger partial charge in [0.15, 0.2) is 0 Å². The lowest BCUT2D eigenvalue weighted by Gasteiger charge is -2.24. The van der Waals surface area contributed by atoms with Gasteiger partial charge < -0.3 is 10.1 Å². The number of benzene rings is 1. The molecule has 1 aliphatic rings. The molecule has 0 spiro atoms. The van der Waals surface area contributed by atoms with Crippen LogP contribution in [0.4, 0.5) is 0 Å². The number of fused-ring (bicyclic) bond motifs is 1. The molecule has 20 heavy (non-hydrogen) atoms. The maximum Gasteiger partial charge on any atom is 0.123 e. The molecule has 4 heteroatoms. The maximum atomic E-state index is 5.73. The molecule has 1 aliphatic heterocycles. The van der Waals surface area contributed by atoms with Crippen LogP contribution in [0.1, 0.15) is 41.6 Å². The van der Waals surface area contributed by atoms with Crippen LogP contribution >= 0.6 is 11.3 Å². The van der Waals surface area contributed by atoms with Crippen molar-refractivity contribution in [3.05, 3.63) is 45.9 Å². The van der Waals surface area contributed by atoms with E-state index in [1.54, 1.807) is 0 Å². The van der Waals surface area contributed by atoms with E-state index in [1.165, 1.54) is 15.4 Å². The first-order valence-electron chi connectivity index (χ1n) is 7.13. The van der Waals surface area contributed by atoms with Crippen LogP contribution in [-0.2, 0) is 6.54 Å². The molecule has 1 atom stereocenters. The van der Waals surface area contributed by atoms with Crippen molar-refractivity contribution >= 4 is 11.3 Å². The van der Waals surface area contributed by atoms with E-state index < -0.39 is 0 Å². The lowest BCUT2D eigenvalue weighted by Crippen LogP contribution is -2.21. The number of rotatable bonds is 4. The predicted molar refractivity (Wildman–Crippen MR) is 82.5 cm³/mol. The van der Waals surface area contributed by atoms with Gasteiger partial charge in [-0.05, 0) is 12.5 Å². The molecule has 0 amide bonds. The third-order valence-electron chi connectivity index (χ3n) is 3.51. The maximum absolute atomic E-state index is 5.73. The Labute approximate surface area is 124 Å². The molecule has 0 radical (unpaired) electrons. The molecular weight excluding hydrogens is 268 g/mol. The average Bonchev–Trinajstić information content (AvgIpc) is 2.93. The molecule has 0 saturated carbocycles. The van der Waals surface area contributed by atoms with Crippen molar-refractivity contribution in [2.45, 2.75) is 38.8 Å². The summed E-state index contributed by atoms with van der Waals surface area (Å²) in [5.74, 6) is 1.40. The van der Waals surface area contributed by atoms with Crippen LogP contribution in [0.2, 0.25) is 0 Å². The minimum Gasteiger partial charge on any atom is -0.493 e. The Kier molecular flexibility index (Phi) is 4.03. The van der Waals surface area contributed by atoms with E-state index in [-0.39, 0.29) is 0 Å². The van der Waals surface area contributed by atoms with Crippen molar-refractivity contribution < 1.29 is 4.74 Å². The molecule has 2 heterocycles. The zero-order valence-electron chi connectivity index (χ0n) is 11.9. The summed E-state index contributed by atoms with van der Waals surface area (Å²) in [6, 6.07) is 8.82. The molecule has 0 aliphatic carbocycles. The number of nitrogens with zero attached hydrogens (tertiary/aromatic N) is 1. The second-order valence-electron chi connectivity index (χ2n) is 5.43. The van der Waals surface area contributed by atoms with E-state index in [0.29, 0.717) is 12.0 Å². The van der Waals surface area contributed by atoms with Crippen molar-refractivity contribution in [1.82, 2.24) is 10.3 Å². The number of aromatic nitrogens is 1. The first kappa shape index (κ1) is 13.6. The number of thiazole rings is 1. The van der Waals surface area contributed by atoms with E-state index in [1.807, 2.05) is 23.6 Å². The highest BCUT2D eigenvalue weighted by Crippen LogP contribution is 2.39. The Hall–Kier alpha value is -1.39. The summed E-state index contributed by atoms with van der Waals surface area (Å²) in [5, 5.41) is 4.65. The van der Waals surface area contributed by atoms with E-state index in [4.69, 9.17) is 4.74 Å². The third kappa shape index (κ3) is 2.86. The minimum atomic E-state index is 0.387. The Morgan fingerprint density at radius 1 is 1.40 bits per heavy atom. The number of hydrogen-bond donors (Lipinski definition) is 1. The van der Waals surface area contributed by atoms with Crippen molar-refractivity contribution in [2.75, 3.05) is 6.61 Å². The van der Waals surface area contributed by atoms with Gasteiger partial charge in [0.25, 0.3) is 0 Å². The van der Waals surface area contributed by atoms with E-state index in [9.17, 15) is 0 Å². The quantitative estimate of drug-likeness (QED) is 0.934. The zero-order chi connectivity index (χ0) is 13.9. The summed E-state index contributed by atoms with van der Waals surface area (Å²) in [6.45, 7) is 6.01. The monoisotopic (exact) mass is 288 g/mol. The van der Waals surface area contributed by atoms with Gasteiger partial charge in [-0.25, -0.2) is 4.98 Å². The molecule has 3 rings (SSSR count). The second kappa shape index (κ2) is 5.94. The zero-order valence-corrected chi connectivity index (χ0v) is 12.7. The SMILES string of the molecule is CC(C)NCc1cnc(C2CCOc3ccccc32)s1. The smallest absolute Gasteiger partial charge is 0.123 e. The Balaban J connectivity index is 1.80. The summed E-state index contributed by atoms with van der Waals surface area (Å²) in [7, 11) is 0. The van der Waals surface area contributed by atoms with Gasteiger partial charge in [0, 0.05) is 35.1 Å². The average molecular weight is 288 g/mol. The van der Waals surface area contributed by atoms with Crippen molar-refractivity contribution in [1.29, 1.82) is 0 Å². The van der Waals surface area contributed by atoms with E-state index >= 15 is 0 Å². The molecule has 1 aromatic carbocycles. The summed E-state index contributed by atoms with van der Waals surface area (Å²) < 4.78 is 5.73. The van der Waals surface area contributed by atoms with Gasteiger partial charge in [-0.1, -0.05) is 32.0 Å². The second-order valence-corrected chi connectivity index (χ2v) is 6.57. The minimum absolute atomic E-state index is 0.387. The van der Waals surface area contributed by atoms with Gasteiger partial charge in [-0.3, -0.25) is 0 Å². The number of hydrogen-bond acceptors (Lipinski definition) is 4. The van der Waals surface area contributed by atoms with Crippen LogP contribution in [0.3, 0.4) is 0 Å². The third-order valence-corrected chi connectivity index (χ3v) is 4.62. The highest BCUT2D eigenvalue weighted by molar-refractivity contribution is 7.11. The van der Waals surface area contributed by atoms with Crippen molar-refractivity contribution in [3.8, 4) is 5.75 Å². The number of para-hydroxylation sites is 1. The van der Waals surface area contributed by atoms with Crippen LogP contribution in [0, 0.1) is 0 Å². The molecule has 0 bridgehead atoms. The van der Waals surface area contributed by atoms with E-state index in [2.05, 4.69) is 42.3 Å². The van der Waals surface area contributed by atoms with Gasteiger partial charge in [0.1, 0.15) is 10.8 Å². The standard InChI is InChI=1S/C16H20N2OS/c1-11(2)17-9-12-10-18-16(20-12)14-7-8-19-15-6-4-3-5-13(14)15/h3-6,10-11,14,17H,7-9H2,1-2H3. The van der Waals surface area contributed by atoms with Crippen LogP contribution in [0.5, 0.6) is 5.75 Å². The van der Waals surface area contributed by atoms with Crippen molar-refractivity contribution in [2.24, 2.45) is 0 Å². The highest BCUT2D eigenvalue weighted by atomic mass is 32.1. The first-order valence-corrected chi connectivity index (χ1v) is 7.95. The first-order chi connectivity index (χ1) is 9.74. The normalized spacial score (nSPS) is 17.9. The van der Waals surface area contributed by atoms with Crippen molar-refractivity contribution in [3.63, 3.8) is 0 Å². The predicted octanol–water partition coefficient (Wildman–Crippen LogP) is 3.56. The van der Waals surface area contributed by atoms with Gasteiger partial charge in [-0.2, -0.15) is 0 Å². The largest absolute Gasteiger partial charge is 0.493 e. The lowest BCUT2D eigenvalue weighted by molar-refractivity contribution is 0.277. The Morgan fingerprint density at radius 3 is 3.10 bits per heavy atom. The molecule has 3 nitrogen and oxygen atoms in total. The number of nitrogens with one attached hydrogen (secondary N) is 1. The molecule has 0 fully saturated rings. The fourth-order valence-electron chi connectivity index (χ4n) is 2.47. The highest BCUT2D eigenvalue weighted by Gasteiger charge is 2.25. The summed E-state index contributed by atoms with van der Waals surface area (Å²) in [4.78, 5) is 5.94. The van der Waals surface area contributed by atoms with Gasteiger partial charge in [-0.15, -0.1) is 11.3 Å². The van der Waals surface area contributed by atoms with Crippen LogP contribution < -0.4 is 10.1 Å². The fourth-order valence-corrected chi connectivity index (χ4v) is 3.49. The lowest BCUT2D eigenvalue weighted by atomic mass is 9.94. The Morgan fingerprint density at radius 2 is 2.25 bits per heavy atom. The molecule has 0 saturated heterocycles. The molecule has 1 N–H and O–H groups in total. The molecule has 106 valence electrons. The molecule has 1 aromatic heterocycles. The van der Waals surface area contributed by atoms with Crippen LogP contribution in [-0.4, -0.2) is 17.6 Å². The van der Waals surface area contributed by atoms with Crippen LogP contribution in [0.25, 0.3) is 0 Å². The fraction of sp³-hybridized carbons (Fsp3) is 0.438. The number of ether oxygens (including phenoxy) is 1. The van der Waals surface area contributed by atoms with Gasteiger partial charge in [0.05, 0.1) is 6.61 Å². The van der Waals surface area contributed by atoms with Gasteiger partial charge in [0.2, 0.25) is 0 Å². The molecule has 2 aromatic rings. The summed E-state index contributed by atoms with van der Waals surface area (Å²) >= 11 is 1.82. The summed E-state index contributed by atoms with van der Waals surface area (Å²) in [5.41, 5.74) is 1.27. The van der Waals surface area contributed by atoms with E-state index in [0.717, 1.165) is 25.3 Å². The van der Waals surface area contributed by atoms with Gasteiger partial charge >= 0.3 is 0 Å². The van der Waals surface area contributed by atoms with Crippen LogP contribution in [0.15, 0.2) is 30.5 Å².